The Morgan fingerprint density at radius 1 is 0.973 bits per heavy atom. The summed E-state index contributed by atoms with van der Waals surface area (Å²) in [5.74, 6) is 0.440. The van der Waals surface area contributed by atoms with Gasteiger partial charge in [0.05, 0.1) is 6.61 Å². The number of hydrogen-bond acceptors (Lipinski definition) is 3. The van der Waals surface area contributed by atoms with E-state index in [0.29, 0.717) is 29.5 Å². The van der Waals surface area contributed by atoms with E-state index in [-0.39, 0.29) is 30.8 Å². The highest BCUT2D eigenvalue weighted by Crippen LogP contribution is 2.25. The second kappa shape index (κ2) is 14.7. The van der Waals surface area contributed by atoms with E-state index in [4.69, 9.17) is 27.9 Å². The topological polar surface area (TPSA) is 58.6 Å². The number of nitrogens with one attached hydrogen (secondary N) is 1. The van der Waals surface area contributed by atoms with Gasteiger partial charge in [0.15, 0.2) is 0 Å². The standard InChI is InChI=1S/C30H34Cl2N2O3/c1-3-22(2)33-30(36)28(19-23-11-6-4-7-12-23)34(21-24-16-17-25(31)20-27(24)32)29(35)15-10-18-37-26-13-8-5-9-14-26/h4-9,11-14,16-17,20,22,28H,3,10,15,18-19,21H2,1-2H3,(H,33,36)/t22-,28-/m1/s1. The molecule has 7 heteroatoms. The molecule has 0 spiro atoms. The van der Waals surface area contributed by atoms with Crippen LogP contribution in [0.4, 0.5) is 0 Å². The van der Waals surface area contributed by atoms with E-state index in [1.165, 1.54) is 0 Å². The molecule has 0 aliphatic rings. The summed E-state index contributed by atoms with van der Waals surface area (Å²) < 4.78 is 5.77. The largest absolute Gasteiger partial charge is 0.494 e. The fourth-order valence-electron chi connectivity index (χ4n) is 3.90. The van der Waals surface area contributed by atoms with Gasteiger partial charge in [0.2, 0.25) is 11.8 Å². The molecule has 3 aromatic rings. The van der Waals surface area contributed by atoms with Crippen molar-refractivity contribution in [3.8, 4) is 5.75 Å². The molecule has 0 aliphatic carbocycles. The SMILES string of the molecule is CC[C@@H](C)NC(=O)[C@@H](Cc1ccccc1)N(Cc1ccc(Cl)cc1Cl)C(=O)CCCOc1ccccc1. The monoisotopic (exact) mass is 540 g/mol. The first-order chi connectivity index (χ1) is 17.9. The van der Waals surface area contributed by atoms with Crippen molar-refractivity contribution in [1.29, 1.82) is 0 Å². The Bertz CT molecular complexity index is 1140. The summed E-state index contributed by atoms with van der Waals surface area (Å²) in [6.07, 6.45) is 1.93. The number of halogens is 2. The maximum absolute atomic E-state index is 13.6. The number of nitrogens with zero attached hydrogens (tertiary/aromatic N) is 1. The van der Waals surface area contributed by atoms with E-state index in [1.807, 2.05) is 74.5 Å². The van der Waals surface area contributed by atoms with Crippen LogP contribution in [0.1, 0.15) is 44.2 Å². The minimum atomic E-state index is -0.703. The van der Waals surface area contributed by atoms with Crippen molar-refractivity contribution >= 4 is 35.0 Å². The lowest BCUT2D eigenvalue weighted by Gasteiger charge is -2.32. The molecule has 0 aromatic heterocycles. The van der Waals surface area contributed by atoms with Gasteiger partial charge < -0.3 is 15.0 Å². The zero-order valence-corrected chi connectivity index (χ0v) is 22.8. The summed E-state index contributed by atoms with van der Waals surface area (Å²) in [6, 6.07) is 23.7. The predicted molar refractivity (Wildman–Crippen MR) is 150 cm³/mol. The average molecular weight is 542 g/mol. The second-order valence-electron chi connectivity index (χ2n) is 9.05. The Kier molecular flexibility index (Phi) is 11.3. The quantitative estimate of drug-likeness (QED) is 0.245. The number of para-hydroxylation sites is 1. The third-order valence-corrected chi connectivity index (χ3v) is 6.76. The zero-order valence-electron chi connectivity index (χ0n) is 21.3. The number of ether oxygens (including phenoxy) is 1. The Hall–Kier alpha value is -3.02. The van der Waals surface area contributed by atoms with Gasteiger partial charge in [-0.15, -0.1) is 0 Å². The second-order valence-corrected chi connectivity index (χ2v) is 9.89. The molecule has 196 valence electrons. The molecule has 0 bridgehead atoms. The molecule has 0 fully saturated rings. The molecule has 37 heavy (non-hydrogen) atoms. The summed E-state index contributed by atoms with van der Waals surface area (Å²) in [7, 11) is 0. The van der Waals surface area contributed by atoms with Gasteiger partial charge in [-0.1, -0.05) is 84.7 Å². The maximum atomic E-state index is 13.6. The van der Waals surface area contributed by atoms with Crippen LogP contribution in [0.5, 0.6) is 5.75 Å². The van der Waals surface area contributed by atoms with Crippen LogP contribution in [-0.4, -0.2) is 35.4 Å². The Morgan fingerprint density at radius 3 is 2.30 bits per heavy atom. The van der Waals surface area contributed by atoms with Crippen LogP contribution in [0, 0.1) is 0 Å². The van der Waals surface area contributed by atoms with Crippen molar-refractivity contribution in [3.63, 3.8) is 0 Å². The number of benzene rings is 3. The summed E-state index contributed by atoms with van der Waals surface area (Å²) in [4.78, 5) is 28.8. The minimum Gasteiger partial charge on any atom is -0.494 e. The molecule has 0 unspecified atom stereocenters. The molecule has 0 aliphatic heterocycles. The molecular weight excluding hydrogens is 507 g/mol. The molecule has 0 saturated carbocycles. The van der Waals surface area contributed by atoms with Crippen LogP contribution in [0.3, 0.4) is 0 Å². The number of amides is 2. The first-order valence-corrected chi connectivity index (χ1v) is 13.4. The molecule has 0 heterocycles. The highest BCUT2D eigenvalue weighted by Gasteiger charge is 2.31. The first kappa shape index (κ1) is 28.5. The molecular formula is C30H34Cl2N2O3. The molecule has 3 aromatic carbocycles. The summed E-state index contributed by atoms with van der Waals surface area (Å²) in [5.41, 5.74) is 1.70. The van der Waals surface area contributed by atoms with Crippen LogP contribution in [0.25, 0.3) is 0 Å². The van der Waals surface area contributed by atoms with Crippen molar-refractivity contribution in [2.45, 2.75) is 58.2 Å². The number of hydrogen-bond donors (Lipinski definition) is 1. The van der Waals surface area contributed by atoms with Crippen LogP contribution in [0.15, 0.2) is 78.9 Å². The van der Waals surface area contributed by atoms with Gasteiger partial charge in [0.1, 0.15) is 11.8 Å². The van der Waals surface area contributed by atoms with Gasteiger partial charge in [-0.05, 0) is 55.2 Å². The van der Waals surface area contributed by atoms with Crippen molar-refractivity contribution in [1.82, 2.24) is 10.2 Å². The van der Waals surface area contributed by atoms with Gasteiger partial charge >= 0.3 is 0 Å². The van der Waals surface area contributed by atoms with Crippen LogP contribution in [-0.2, 0) is 22.6 Å². The average Bonchev–Trinajstić information content (AvgIpc) is 2.90. The van der Waals surface area contributed by atoms with Crippen LogP contribution in [0.2, 0.25) is 10.0 Å². The van der Waals surface area contributed by atoms with Gasteiger partial charge in [0.25, 0.3) is 0 Å². The molecule has 2 amide bonds. The number of carbonyl (C=O) groups is 2. The van der Waals surface area contributed by atoms with Crippen molar-refractivity contribution in [2.24, 2.45) is 0 Å². The number of rotatable bonds is 13. The third kappa shape index (κ3) is 9.10. The van der Waals surface area contributed by atoms with Crippen LogP contribution < -0.4 is 10.1 Å². The van der Waals surface area contributed by atoms with E-state index in [2.05, 4.69) is 5.32 Å². The molecule has 2 atom stereocenters. The van der Waals surface area contributed by atoms with Crippen molar-refractivity contribution in [3.05, 3.63) is 100 Å². The molecule has 5 nitrogen and oxygen atoms in total. The van der Waals surface area contributed by atoms with Crippen molar-refractivity contribution < 1.29 is 14.3 Å². The van der Waals surface area contributed by atoms with Gasteiger partial charge in [-0.25, -0.2) is 0 Å². The third-order valence-electron chi connectivity index (χ3n) is 6.17. The summed E-state index contributed by atoms with van der Waals surface area (Å²) >= 11 is 12.6. The van der Waals surface area contributed by atoms with E-state index < -0.39 is 6.04 Å². The van der Waals surface area contributed by atoms with E-state index >= 15 is 0 Å². The molecule has 1 N–H and O–H groups in total. The van der Waals surface area contributed by atoms with Crippen LogP contribution >= 0.6 is 23.2 Å². The van der Waals surface area contributed by atoms with Gasteiger partial charge in [-0.3, -0.25) is 9.59 Å². The molecule has 0 saturated heterocycles. The first-order valence-electron chi connectivity index (χ1n) is 12.6. The smallest absolute Gasteiger partial charge is 0.243 e. The fraction of sp³-hybridized carbons (Fsp3) is 0.333. The summed E-state index contributed by atoms with van der Waals surface area (Å²) in [5, 5.41) is 4.04. The highest BCUT2D eigenvalue weighted by atomic mass is 35.5. The fourth-order valence-corrected chi connectivity index (χ4v) is 4.37. The van der Waals surface area contributed by atoms with Gasteiger partial charge in [0, 0.05) is 35.5 Å². The van der Waals surface area contributed by atoms with E-state index in [1.54, 1.807) is 23.1 Å². The Balaban J connectivity index is 1.84. The Labute approximate surface area is 229 Å². The van der Waals surface area contributed by atoms with E-state index in [9.17, 15) is 9.59 Å². The lowest BCUT2D eigenvalue weighted by molar-refractivity contribution is -0.141. The lowest BCUT2D eigenvalue weighted by atomic mass is 10.0. The maximum Gasteiger partial charge on any atom is 0.243 e. The summed E-state index contributed by atoms with van der Waals surface area (Å²) in [6.45, 7) is 4.56. The Morgan fingerprint density at radius 2 is 1.65 bits per heavy atom. The predicted octanol–water partition coefficient (Wildman–Crippen LogP) is 6.71. The highest BCUT2D eigenvalue weighted by molar-refractivity contribution is 6.35. The number of carbonyl (C=O) groups excluding carboxylic acids is 2. The zero-order chi connectivity index (χ0) is 26.6. The van der Waals surface area contributed by atoms with Crippen molar-refractivity contribution in [2.75, 3.05) is 6.61 Å². The van der Waals surface area contributed by atoms with E-state index in [0.717, 1.165) is 23.3 Å². The minimum absolute atomic E-state index is 0.0129. The normalized spacial score (nSPS) is 12.4. The molecule has 3 rings (SSSR count). The van der Waals surface area contributed by atoms with Gasteiger partial charge in [-0.2, -0.15) is 0 Å². The lowest BCUT2D eigenvalue weighted by Crippen LogP contribution is -2.52. The molecule has 0 radical (unpaired) electrons.